The maximum absolute atomic E-state index is 12.4. The first-order chi connectivity index (χ1) is 8.99. The van der Waals surface area contributed by atoms with Gasteiger partial charge in [-0.15, -0.1) is 0 Å². The second-order valence-electron chi connectivity index (χ2n) is 4.63. The number of carbonyl (C=O) groups is 3. The number of benzene rings is 1. The lowest BCUT2D eigenvalue weighted by Crippen LogP contribution is -2.29. The van der Waals surface area contributed by atoms with Gasteiger partial charge in [0, 0.05) is 17.0 Å². The summed E-state index contributed by atoms with van der Waals surface area (Å²) in [7, 11) is 1.29. The van der Waals surface area contributed by atoms with Gasteiger partial charge in [-0.25, -0.2) is 0 Å². The number of methoxy groups -OCH3 is 1. The zero-order valence-corrected chi connectivity index (χ0v) is 11.0. The number of rotatable bonds is 3. The summed E-state index contributed by atoms with van der Waals surface area (Å²) in [6.07, 6.45) is 0. The van der Waals surface area contributed by atoms with Crippen LogP contribution in [0.3, 0.4) is 0 Å². The highest BCUT2D eigenvalue weighted by Gasteiger charge is 2.37. The molecule has 2 rings (SSSR count). The maximum atomic E-state index is 12.4. The summed E-state index contributed by atoms with van der Waals surface area (Å²) >= 11 is 0. The van der Waals surface area contributed by atoms with Crippen molar-refractivity contribution in [3.05, 3.63) is 46.7 Å². The molecule has 1 aliphatic carbocycles. The van der Waals surface area contributed by atoms with Crippen LogP contribution in [0.25, 0.3) is 0 Å². The fourth-order valence-corrected chi connectivity index (χ4v) is 2.06. The van der Waals surface area contributed by atoms with Gasteiger partial charge in [-0.05, 0) is 0 Å². The number of hydrogen-bond acceptors (Lipinski definition) is 4. The highest BCUT2D eigenvalue weighted by atomic mass is 16.5. The van der Waals surface area contributed by atoms with Gasteiger partial charge in [-0.2, -0.15) is 0 Å². The van der Waals surface area contributed by atoms with Gasteiger partial charge >= 0.3 is 0 Å². The monoisotopic (exact) mass is 258 g/mol. The summed E-state index contributed by atoms with van der Waals surface area (Å²) in [6, 6.07) is 6.45. The van der Waals surface area contributed by atoms with Gasteiger partial charge in [0.05, 0.1) is 7.11 Å². The van der Waals surface area contributed by atoms with Gasteiger partial charge in [0.1, 0.15) is 5.57 Å². The van der Waals surface area contributed by atoms with Gasteiger partial charge in [0.15, 0.2) is 11.5 Å². The summed E-state index contributed by atoms with van der Waals surface area (Å²) in [5, 5.41) is 0. The molecule has 0 aliphatic heterocycles. The molecule has 0 aromatic heterocycles. The number of allylic oxidation sites excluding steroid dienone is 2. The molecule has 0 saturated heterocycles. The molecular formula is C15H14O4. The molecular weight excluding hydrogens is 244 g/mol. The van der Waals surface area contributed by atoms with Crippen LogP contribution in [0.4, 0.5) is 0 Å². The highest BCUT2D eigenvalue weighted by molar-refractivity contribution is 6.36. The molecule has 0 unspecified atom stereocenters. The van der Waals surface area contributed by atoms with Crippen LogP contribution in [0, 0.1) is 5.92 Å². The summed E-state index contributed by atoms with van der Waals surface area (Å²) in [5.74, 6) is -1.75. The van der Waals surface area contributed by atoms with Crippen LogP contribution in [-0.2, 0) is 9.53 Å². The van der Waals surface area contributed by atoms with Crippen LogP contribution in [-0.4, -0.2) is 24.5 Å². The van der Waals surface area contributed by atoms with Gasteiger partial charge in [-0.1, -0.05) is 38.1 Å². The van der Waals surface area contributed by atoms with Crippen LogP contribution >= 0.6 is 0 Å². The summed E-state index contributed by atoms with van der Waals surface area (Å²) < 4.78 is 5.00. The van der Waals surface area contributed by atoms with Crippen molar-refractivity contribution in [1.29, 1.82) is 0 Å². The Kier molecular flexibility index (Phi) is 3.34. The SMILES string of the molecule is COC1=C(C(=O)C(C)C)C(=O)c2ccccc2C1=O. The van der Waals surface area contributed by atoms with E-state index in [2.05, 4.69) is 0 Å². The molecule has 0 heterocycles. The molecule has 4 nitrogen and oxygen atoms in total. The first kappa shape index (κ1) is 13.2. The predicted octanol–water partition coefficient (Wildman–Crippen LogP) is 2.19. The number of ether oxygens (including phenoxy) is 1. The van der Waals surface area contributed by atoms with Crippen molar-refractivity contribution in [2.75, 3.05) is 7.11 Å². The van der Waals surface area contributed by atoms with Crippen LogP contribution < -0.4 is 0 Å². The number of ketones is 3. The Morgan fingerprint density at radius 3 is 2.05 bits per heavy atom. The van der Waals surface area contributed by atoms with Crippen molar-refractivity contribution in [2.45, 2.75) is 13.8 Å². The van der Waals surface area contributed by atoms with Crippen molar-refractivity contribution in [3.63, 3.8) is 0 Å². The van der Waals surface area contributed by atoms with E-state index in [1.807, 2.05) is 0 Å². The molecule has 19 heavy (non-hydrogen) atoms. The zero-order valence-electron chi connectivity index (χ0n) is 11.0. The lowest BCUT2D eigenvalue weighted by atomic mass is 9.84. The molecule has 1 aromatic carbocycles. The quantitative estimate of drug-likeness (QED) is 0.780. The van der Waals surface area contributed by atoms with E-state index in [0.29, 0.717) is 0 Å². The summed E-state index contributed by atoms with van der Waals surface area (Å²) in [6.45, 7) is 3.36. The van der Waals surface area contributed by atoms with Gasteiger partial charge < -0.3 is 4.74 Å². The Hall–Kier alpha value is -2.23. The molecule has 98 valence electrons. The van der Waals surface area contributed by atoms with E-state index in [9.17, 15) is 14.4 Å². The van der Waals surface area contributed by atoms with Crippen LogP contribution in [0.5, 0.6) is 0 Å². The smallest absolute Gasteiger partial charge is 0.229 e. The van der Waals surface area contributed by atoms with Crippen LogP contribution in [0.15, 0.2) is 35.6 Å². The number of fused-ring (bicyclic) bond motifs is 1. The minimum absolute atomic E-state index is 0.138. The minimum Gasteiger partial charge on any atom is -0.492 e. The zero-order chi connectivity index (χ0) is 14.2. The Morgan fingerprint density at radius 2 is 1.58 bits per heavy atom. The minimum atomic E-state index is -0.439. The Labute approximate surface area is 111 Å². The highest BCUT2D eigenvalue weighted by Crippen LogP contribution is 2.28. The molecule has 0 N–H and O–H groups in total. The third-order valence-corrected chi connectivity index (χ3v) is 3.05. The van der Waals surface area contributed by atoms with Gasteiger partial charge in [0.2, 0.25) is 11.6 Å². The van der Waals surface area contributed by atoms with Gasteiger partial charge in [0.25, 0.3) is 0 Å². The molecule has 0 saturated carbocycles. The molecule has 0 radical (unpaired) electrons. The third kappa shape index (κ3) is 1.99. The molecule has 0 atom stereocenters. The van der Waals surface area contributed by atoms with E-state index in [1.165, 1.54) is 7.11 Å². The Bertz CT molecular complexity index is 608. The molecule has 1 aliphatic rings. The van der Waals surface area contributed by atoms with E-state index in [0.717, 1.165) is 0 Å². The third-order valence-electron chi connectivity index (χ3n) is 3.05. The van der Waals surface area contributed by atoms with E-state index >= 15 is 0 Å². The van der Waals surface area contributed by atoms with Crippen molar-refractivity contribution in [3.8, 4) is 0 Å². The predicted molar refractivity (Wildman–Crippen MR) is 69.0 cm³/mol. The maximum Gasteiger partial charge on any atom is 0.229 e. The summed E-state index contributed by atoms with van der Waals surface area (Å²) in [4.78, 5) is 36.7. The normalized spacial score (nSPS) is 14.7. The van der Waals surface area contributed by atoms with Crippen molar-refractivity contribution in [2.24, 2.45) is 5.92 Å². The molecule has 1 aromatic rings. The van der Waals surface area contributed by atoms with E-state index in [-0.39, 0.29) is 34.2 Å². The number of Topliss-reactive ketones (excluding diaryl/α,β-unsaturated/α-hetero) is 3. The molecule has 4 heteroatoms. The van der Waals surface area contributed by atoms with Crippen molar-refractivity contribution in [1.82, 2.24) is 0 Å². The van der Waals surface area contributed by atoms with Crippen molar-refractivity contribution >= 4 is 17.3 Å². The lowest BCUT2D eigenvalue weighted by molar-refractivity contribution is -0.118. The number of hydrogen-bond donors (Lipinski definition) is 0. The second-order valence-corrected chi connectivity index (χ2v) is 4.63. The molecule has 0 amide bonds. The van der Waals surface area contributed by atoms with E-state index < -0.39 is 11.6 Å². The Balaban J connectivity index is 2.67. The van der Waals surface area contributed by atoms with Crippen LogP contribution in [0.1, 0.15) is 34.6 Å². The van der Waals surface area contributed by atoms with E-state index in [1.54, 1.807) is 38.1 Å². The molecule has 0 spiro atoms. The average Bonchev–Trinajstić information content (AvgIpc) is 2.41. The van der Waals surface area contributed by atoms with E-state index in [4.69, 9.17) is 4.74 Å². The first-order valence-electron chi connectivity index (χ1n) is 6.00. The van der Waals surface area contributed by atoms with Crippen LogP contribution in [0.2, 0.25) is 0 Å². The first-order valence-corrected chi connectivity index (χ1v) is 6.00. The fraction of sp³-hybridized carbons (Fsp3) is 0.267. The lowest BCUT2D eigenvalue weighted by Gasteiger charge is -2.20. The van der Waals surface area contributed by atoms with Gasteiger partial charge in [-0.3, -0.25) is 14.4 Å². The summed E-state index contributed by atoms with van der Waals surface area (Å²) in [5.41, 5.74) is 0.406. The standard InChI is InChI=1S/C15H14O4/c1-8(2)12(16)11-13(17)9-6-4-5-7-10(9)14(18)15(11)19-3/h4-8H,1-3H3. The largest absolute Gasteiger partial charge is 0.492 e. The Morgan fingerprint density at radius 1 is 1.05 bits per heavy atom. The van der Waals surface area contributed by atoms with Crippen molar-refractivity contribution < 1.29 is 19.1 Å². The molecule has 0 fully saturated rings. The second kappa shape index (κ2) is 4.80. The number of carbonyl (C=O) groups excluding carboxylic acids is 3. The average molecular weight is 258 g/mol. The molecule has 0 bridgehead atoms. The fourth-order valence-electron chi connectivity index (χ4n) is 2.06. The topological polar surface area (TPSA) is 60.4 Å².